The van der Waals surface area contributed by atoms with Gasteiger partial charge in [-0.05, 0) is 18.2 Å². The Bertz CT molecular complexity index is 920. The summed E-state index contributed by atoms with van der Waals surface area (Å²) in [7, 11) is 0. The topological polar surface area (TPSA) is 104 Å². The molecule has 0 spiro atoms. The number of phenols is 1. The highest BCUT2D eigenvalue weighted by atomic mass is 32.2. The zero-order chi connectivity index (χ0) is 18.4. The summed E-state index contributed by atoms with van der Waals surface area (Å²) in [5.41, 5.74) is 2.12. The van der Waals surface area contributed by atoms with Gasteiger partial charge in [0.15, 0.2) is 0 Å². The number of phenolic OH excluding ortho intramolecular Hbond substituents is 1. The molecule has 0 aliphatic rings. The third-order valence-electron chi connectivity index (χ3n) is 3.37. The van der Waals surface area contributed by atoms with Crippen LogP contribution >= 0.6 is 11.9 Å². The van der Waals surface area contributed by atoms with Crippen LogP contribution in [0, 0.1) is 0 Å². The molecule has 0 aliphatic heterocycles. The number of amides is 2. The number of carbonyl (C=O) groups is 2. The second-order valence-corrected chi connectivity index (χ2v) is 5.95. The molecular formula is C18H14N4O3S. The fraction of sp³-hybridized carbons (Fsp3) is 0. The third kappa shape index (κ3) is 4.37. The van der Waals surface area contributed by atoms with E-state index in [-0.39, 0.29) is 10.9 Å². The molecule has 0 radical (unpaired) electrons. The summed E-state index contributed by atoms with van der Waals surface area (Å²) in [5.74, 6) is 0.0449. The van der Waals surface area contributed by atoms with Crippen molar-refractivity contribution in [3.05, 3.63) is 72.8 Å². The highest BCUT2D eigenvalue weighted by Gasteiger charge is 2.12. The minimum atomic E-state index is -0.567. The summed E-state index contributed by atoms with van der Waals surface area (Å²) in [6.45, 7) is 0. The van der Waals surface area contributed by atoms with Gasteiger partial charge in [0.1, 0.15) is 12.1 Å². The minimum Gasteiger partial charge on any atom is -0.508 e. The maximum absolute atomic E-state index is 12.1. The Labute approximate surface area is 153 Å². The van der Waals surface area contributed by atoms with Gasteiger partial charge in [-0.15, -0.1) is 0 Å². The second kappa shape index (κ2) is 8.13. The van der Waals surface area contributed by atoms with Gasteiger partial charge in [-0.2, -0.15) is 0 Å². The Balaban J connectivity index is 1.69. The predicted molar refractivity (Wildman–Crippen MR) is 99.7 cm³/mol. The number of benzene rings is 2. The first-order chi connectivity index (χ1) is 12.6. The molecule has 2 amide bonds. The lowest BCUT2D eigenvalue weighted by molar-refractivity contribution is 0.108. The van der Waals surface area contributed by atoms with Gasteiger partial charge < -0.3 is 10.4 Å². The van der Waals surface area contributed by atoms with Crippen molar-refractivity contribution < 1.29 is 14.7 Å². The molecule has 0 bridgehead atoms. The van der Waals surface area contributed by atoms with E-state index in [1.165, 1.54) is 18.5 Å². The van der Waals surface area contributed by atoms with Gasteiger partial charge in [0, 0.05) is 41.0 Å². The standard InChI is InChI=1S/C18H14N4O3S/c23-14-6-7-16(15(8-14)13-9-19-11-20-10-13)21-18(25)22-26-17(24)12-4-2-1-3-5-12/h1-11,23H,(H2,21,22,25). The van der Waals surface area contributed by atoms with Crippen LogP contribution in [0.3, 0.4) is 0 Å². The molecule has 1 heterocycles. The van der Waals surface area contributed by atoms with Crippen LogP contribution in [0.1, 0.15) is 10.4 Å². The number of hydrogen-bond acceptors (Lipinski definition) is 6. The molecule has 26 heavy (non-hydrogen) atoms. The maximum Gasteiger partial charge on any atom is 0.329 e. The van der Waals surface area contributed by atoms with Crippen LogP contribution in [0.5, 0.6) is 5.75 Å². The summed E-state index contributed by atoms with van der Waals surface area (Å²) in [6, 6.07) is 12.6. The number of anilines is 1. The highest BCUT2D eigenvalue weighted by molar-refractivity contribution is 8.12. The summed E-state index contributed by atoms with van der Waals surface area (Å²) < 4.78 is 2.45. The summed E-state index contributed by atoms with van der Waals surface area (Å²) in [5, 5.41) is 12.1. The minimum absolute atomic E-state index is 0.0449. The summed E-state index contributed by atoms with van der Waals surface area (Å²) >= 11 is 0.687. The zero-order valence-electron chi connectivity index (χ0n) is 13.4. The van der Waals surface area contributed by atoms with Gasteiger partial charge in [-0.1, -0.05) is 30.3 Å². The van der Waals surface area contributed by atoms with Gasteiger partial charge in [-0.3, -0.25) is 9.52 Å². The Hall–Kier alpha value is -3.39. The van der Waals surface area contributed by atoms with E-state index >= 15 is 0 Å². The average Bonchev–Trinajstić information content (AvgIpc) is 2.69. The largest absolute Gasteiger partial charge is 0.508 e. The van der Waals surface area contributed by atoms with Gasteiger partial charge in [0.2, 0.25) is 5.12 Å². The first-order valence-electron chi connectivity index (χ1n) is 7.55. The van der Waals surface area contributed by atoms with Crippen molar-refractivity contribution in [1.82, 2.24) is 14.7 Å². The van der Waals surface area contributed by atoms with Crippen LogP contribution in [-0.2, 0) is 0 Å². The molecule has 0 fully saturated rings. The van der Waals surface area contributed by atoms with Crippen molar-refractivity contribution in [2.24, 2.45) is 0 Å². The van der Waals surface area contributed by atoms with E-state index in [1.807, 2.05) is 0 Å². The van der Waals surface area contributed by atoms with Gasteiger partial charge in [0.25, 0.3) is 0 Å². The molecule has 1 aromatic heterocycles. The Kier molecular flexibility index (Phi) is 5.45. The number of nitrogens with one attached hydrogen (secondary N) is 2. The lowest BCUT2D eigenvalue weighted by Gasteiger charge is -2.11. The van der Waals surface area contributed by atoms with Crippen molar-refractivity contribution in [1.29, 1.82) is 0 Å². The zero-order valence-corrected chi connectivity index (χ0v) is 14.2. The second-order valence-electron chi connectivity index (χ2n) is 5.17. The molecule has 3 rings (SSSR count). The van der Waals surface area contributed by atoms with E-state index in [0.29, 0.717) is 34.3 Å². The van der Waals surface area contributed by atoms with E-state index in [4.69, 9.17) is 0 Å². The monoisotopic (exact) mass is 366 g/mol. The molecule has 2 aromatic carbocycles. The number of rotatable bonds is 3. The van der Waals surface area contributed by atoms with Crippen molar-refractivity contribution in [3.63, 3.8) is 0 Å². The Morgan fingerprint density at radius 1 is 1.00 bits per heavy atom. The van der Waals surface area contributed by atoms with E-state index < -0.39 is 6.03 Å². The SMILES string of the molecule is O=C(NSC(=O)c1ccccc1)Nc1ccc(O)cc1-c1cncnc1. The molecule has 0 aliphatic carbocycles. The number of nitrogens with zero attached hydrogens (tertiary/aromatic N) is 2. The van der Waals surface area contributed by atoms with Crippen LogP contribution in [0.15, 0.2) is 67.3 Å². The molecule has 3 N–H and O–H groups in total. The number of aromatic nitrogens is 2. The molecule has 130 valence electrons. The lowest BCUT2D eigenvalue weighted by atomic mass is 10.1. The fourth-order valence-corrected chi connectivity index (χ4v) is 2.68. The molecule has 0 saturated carbocycles. The molecule has 3 aromatic rings. The first-order valence-corrected chi connectivity index (χ1v) is 8.37. The van der Waals surface area contributed by atoms with Crippen LogP contribution in [0.2, 0.25) is 0 Å². The van der Waals surface area contributed by atoms with E-state index in [0.717, 1.165) is 0 Å². The van der Waals surface area contributed by atoms with Gasteiger partial charge in [-0.25, -0.2) is 14.8 Å². The molecular weight excluding hydrogens is 352 g/mol. The Morgan fingerprint density at radius 2 is 1.73 bits per heavy atom. The molecule has 8 heteroatoms. The summed E-state index contributed by atoms with van der Waals surface area (Å²) in [4.78, 5) is 32.0. The highest BCUT2D eigenvalue weighted by Crippen LogP contribution is 2.30. The quantitative estimate of drug-likeness (QED) is 0.484. The van der Waals surface area contributed by atoms with Gasteiger partial charge >= 0.3 is 6.03 Å². The molecule has 7 nitrogen and oxygen atoms in total. The van der Waals surface area contributed by atoms with E-state index in [1.54, 1.807) is 48.8 Å². The van der Waals surface area contributed by atoms with Crippen molar-refractivity contribution in [2.45, 2.75) is 0 Å². The van der Waals surface area contributed by atoms with Crippen LogP contribution in [0.25, 0.3) is 11.1 Å². The van der Waals surface area contributed by atoms with Crippen molar-refractivity contribution in [2.75, 3.05) is 5.32 Å². The van der Waals surface area contributed by atoms with Gasteiger partial charge in [0.05, 0.1) is 5.69 Å². The Morgan fingerprint density at radius 3 is 2.46 bits per heavy atom. The van der Waals surface area contributed by atoms with Crippen molar-refractivity contribution >= 4 is 28.8 Å². The number of urea groups is 1. The third-order valence-corrected chi connectivity index (χ3v) is 4.08. The van der Waals surface area contributed by atoms with Crippen molar-refractivity contribution in [3.8, 4) is 16.9 Å². The maximum atomic E-state index is 12.1. The smallest absolute Gasteiger partial charge is 0.329 e. The molecule has 0 saturated heterocycles. The van der Waals surface area contributed by atoms with Crippen LogP contribution in [0.4, 0.5) is 10.5 Å². The van der Waals surface area contributed by atoms with Crippen LogP contribution in [-0.4, -0.2) is 26.2 Å². The average molecular weight is 366 g/mol. The number of hydrogen-bond donors (Lipinski definition) is 3. The lowest BCUT2D eigenvalue weighted by Crippen LogP contribution is -2.24. The summed E-state index contributed by atoms with van der Waals surface area (Å²) in [6.07, 6.45) is 4.52. The number of carbonyl (C=O) groups excluding carboxylic acids is 2. The first kappa shape index (κ1) is 17.4. The predicted octanol–water partition coefficient (Wildman–Crippen LogP) is 3.46. The van der Waals surface area contributed by atoms with E-state index in [2.05, 4.69) is 20.0 Å². The van der Waals surface area contributed by atoms with E-state index in [9.17, 15) is 14.7 Å². The molecule has 0 atom stereocenters. The molecule has 0 unspecified atom stereocenters. The normalized spacial score (nSPS) is 10.2. The number of aromatic hydroxyl groups is 1. The fourth-order valence-electron chi connectivity index (χ4n) is 2.19. The van der Waals surface area contributed by atoms with Crippen LogP contribution < -0.4 is 10.0 Å².